The molecule has 0 unspecified atom stereocenters. The van der Waals surface area contributed by atoms with E-state index in [1.807, 2.05) is 27.7 Å². The van der Waals surface area contributed by atoms with E-state index in [1.54, 1.807) is 6.07 Å². The zero-order valence-electron chi connectivity index (χ0n) is 12.1. The van der Waals surface area contributed by atoms with Crippen molar-refractivity contribution < 1.29 is 19.2 Å². The molecule has 1 aliphatic heterocycles. The summed E-state index contributed by atoms with van der Waals surface area (Å²) in [5.41, 5.74) is 4.79. The fraction of sp³-hybridized carbons (Fsp3) is 0.538. The third kappa shape index (κ3) is 2.51. The van der Waals surface area contributed by atoms with Gasteiger partial charge in [0.1, 0.15) is 11.3 Å². The molecule has 2 heterocycles. The first kappa shape index (κ1) is 14.8. The Hall–Kier alpha value is -1.60. The van der Waals surface area contributed by atoms with Crippen molar-refractivity contribution in [1.29, 1.82) is 0 Å². The van der Waals surface area contributed by atoms with E-state index >= 15 is 0 Å². The van der Waals surface area contributed by atoms with E-state index in [1.165, 1.54) is 6.20 Å². The van der Waals surface area contributed by atoms with Gasteiger partial charge in [0.05, 0.1) is 17.6 Å². The zero-order valence-corrected chi connectivity index (χ0v) is 12.1. The van der Waals surface area contributed by atoms with Gasteiger partial charge >= 0.3 is 7.12 Å². The number of amides is 1. The molecule has 108 valence electrons. The molecule has 6 nitrogen and oxygen atoms in total. The SMILES string of the molecule is CC1(C)OB(c2nccc(CC(N)=O)c2O)OC1(C)C. The molecular weight excluding hydrogens is 259 g/mol. The summed E-state index contributed by atoms with van der Waals surface area (Å²) in [6.45, 7) is 7.66. The topological polar surface area (TPSA) is 94.7 Å². The second-order valence-corrected chi connectivity index (χ2v) is 5.94. The summed E-state index contributed by atoms with van der Waals surface area (Å²) < 4.78 is 11.7. The van der Waals surface area contributed by atoms with Gasteiger partial charge in [0.25, 0.3) is 0 Å². The van der Waals surface area contributed by atoms with E-state index in [0.29, 0.717) is 5.56 Å². The molecular formula is C13H19BN2O4. The number of primary amides is 1. The van der Waals surface area contributed by atoms with Crippen molar-refractivity contribution in [2.24, 2.45) is 5.73 Å². The number of pyridine rings is 1. The molecule has 0 spiro atoms. The predicted octanol–water partition coefficient (Wildman–Crippen LogP) is 0.114. The van der Waals surface area contributed by atoms with Crippen LogP contribution in [0.25, 0.3) is 0 Å². The van der Waals surface area contributed by atoms with Gasteiger partial charge in [-0.2, -0.15) is 0 Å². The Morgan fingerprint density at radius 3 is 2.40 bits per heavy atom. The molecule has 0 radical (unpaired) electrons. The van der Waals surface area contributed by atoms with E-state index in [9.17, 15) is 9.90 Å². The molecule has 1 aromatic heterocycles. The van der Waals surface area contributed by atoms with E-state index < -0.39 is 24.2 Å². The zero-order chi connectivity index (χ0) is 15.1. The minimum absolute atomic E-state index is 0.0547. The minimum atomic E-state index is -0.771. The van der Waals surface area contributed by atoms with Crippen LogP contribution in [0.1, 0.15) is 33.3 Å². The number of carbonyl (C=O) groups is 1. The van der Waals surface area contributed by atoms with Crippen LogP contribution in [0.3, 0.4) is 0 Å². The highest BCUT2D eigenvalue weighted by Crippen LogP contribution is 2.37. The smallest absolute Gasteiger partial charge is 0.506 e. The second kappa shape index (κ2) is 4.75. The average Bonchev–Trinajstić information content (AvgIpc) is 2.50. The standard InChI is InChI=1S/C13H19BN2O4/c1-12(2)13(3,4)20-14(19-12)11-10(18)8(5-6-16-11)7-9(15)17/h5-6,18H,7H2,1-4H3,(H2,15,17). The minimum Gasteiger partial charge on any atom is -0.506 e. The summed E-state index contributed by atoms with van der Waals surface area (Å²) in [5.74, 6) is -0.629. The first-order valence-electron chi connectivity index (χ1n) is 6.45. The Morgan fingerprint density at radius 2 is 1.90 bits per heavy atom. The van der Waals surface area contributed by atoms with Gasteiger partial charge in [-0.05, 0) is 33.8 Å². The fourth-order valence-corrected chi connectivity index (χ4v) is 1.97. The molecule has 3 N–H and O–H groups in total. The van der Waals surface area contributed by atoms with Crippen LogP contribution in [0.15, 0.2) is 12.3 Å². The lowest BCUT2D eigenvalue weighted by Crippen LogP contribution is -2.41. The molecule has 1 amide bonds. The van der Waals surface area contributed by atoms with Crippen molar-refractivity contribution in [3.63, 3.8) is 0 Å². The third-order valence-corrected chi connectivity index (χ3v) is 3.88. The number of carbonyl (C=O) groups excluding carboxylic acids is 1. The average molecular weight is 278 g/mol. The Bertz CT molecular complexity index is 529. The Kier molecular flexibility index (Phi) is 3.52. The van der Waals surface area contributed by atoms with Crippen LogP contribution in [0.2, 0.25) is 0 Å². The number of hydrogen-bond acceptors (Lipinski definition) is 5. The van der Waals surface area contributed by atoms with Crippen LogP contribution in [0.4, 0.5) is 0 Å². The maximum Gasteiger partial charge on any atom is 0.518 e. The molecule has 0 bridgehead atoms. The molecule has 20 heavy (non-hydrogen) atoms. The number of hydrogen-bond donors (Lipinski definition) is 2. The van der Waals surface area contributed by atoms with Crippen LogP contribution < -0.4 is 11.3 Å². The van der Waals surface area contributed by atoms with Crippen molar-refractivity contribution in [2.75, 3.05) is 0 Å². The summed E-state index contributed by atoms with van der Waals surface area (Å²) in [5, 5.41) is 10.2. The Balaban J connectivity index is 2.34. The largest absolute Gasteiger partial charge is 0.518 e. The van der Waals surface area contributed by atoms with E-state index in [2.05, 4.69) is 4.98 Å². The predicted molar refractivity (Wildman–Crippen MR) is 74.5 cm³/mol. The van der Waals surface area contributed by atoms with Crippen LogP contribution in [0, 0.1) is 0 Å². The lowest BCUT2D eigenvalue weighted by Gasteiger charge is -2.32. The molecule has 1 fully saturated rings. The Morgan fingerprint density at radius 1 is 1.35 bits per heavy atom. The lowest BCUT2D eigenvalue weighted by atomic mass is 9.82. The molecule has 0 aromatic carbocycles. The maximum atomic E-state index is 11.0. The van der Waals surface area contributed by atoms with Gasteiger partial charge in [-0.3, -0.25) is 9.78 Å². The van der Waals surface area contributed by atoms with Crippen molar-refractivity contribution in [3.8, 4) is 5.75 Å². The number of nitrogens with zero attached hydrogens (tertiary/aromatic N) is 1. The van der Waals surface area contributed by atoms with Gasteiger partial charge in [0, 0.05) is 11.8 Å². The van der Waals surface area contributed by atoms with Gasteiger partial charge in [-0.25, -0.2) is 0 Å². The van der Waals surface area contributed by atoms with Gasteiger partial charge in [0.2, 0.25) is 5.91 Å². The summed E-state index contributed by atoms with van der Waals surface area (Å²) in [7, 11) is -0.771. The molecule has 2 rings (SSSR count). The highest BCUT2D eigenvalue weighted by molar-refractivity contribution is 6.62. The van der Waals surface area contributed by atoms with Gasteiger partial charge in [-0.15, -0.1) is 0 Å². The summed E-state index contributed by atoms with van der Waals surface area (Å²) in [6, 6.07) is 1.55. The van der Waals surface area contributed by atoms with Gasteiger partial charge in [-0.1, -0.05) is 0 Å². The molecule has 0 atom stereocenters. The summed E-state index contributed by atoms with van der Waals surface area (Å²) in [4.78, 5) is 15.1. The highest BCUT2D eigenvalue weighted by atomic mass is 16.7. The first-order valence-corrected chi connectivity index (χ1v) is 6.45. The molecule has 1 aromatic rings. The number of nitrogens with two attached hydrogens (primary N) is 1. The number of aromatic hydroxyl groups is 1. The summed E-state index contributed by atoms with van der Waals surface area (Å²) >= 11 is 0. The molecule has 1 aliphatic rings. The fourth-order valence-electron chi connectivity index (χ4n) is 1.97. The number of rotatable bonds is 3. The normalized spacial score (nSPS) is 20.1. The lowest BCUT2D eigenvalue weighted by molar-refractivity contribution is -0.117. The quantitative estimate of drug-likeness (QED) is 0.765. The van der Waals surface area contributed by atoms with Crippen molar-refractivity contribution in [1.82, 2.24) is 4.98 Å². The van der Waals surface area contributed by atoms with E-state index in [-0.39, 0.29) is 17.8 Å². The van der Waals surface area contributed by atoms with Crippen LogP contribution in [0.5, 0.6) is 5.75 Å². The van der Waals surface area contributed by atoms with E-state index in [0.717, 1.165) is 0 Å². The van der Waals surface area contributed by atoms with Crippen LogP contribution in [-0.2, 0) is 20.5 Å². The second-order valence-electron chi connectivity index (χ2n) is 5.94. The van der Waals surface area contributed by atoms with Crippen molar-refractivity contribution in [2.45, 2.75) is 45.3 Å². The monoisotopic (exact) mass is 278 g/mol. The van der Waals surface area contributed by atoms with Crippen LogP contribution in [-0.4, -0.2) is 34.3 Å². The van der Waals surface area contributed by atoms with Gasteiger partial charge < -0.3 is 20.1 Å². The molecule has 1 saturated heterocycles. The highest BCUT2D eigenvalue weighted by Gasteiger charge is 2.53. The third-order valence-electron chi connectivity index (χ3n) is 3.88. The van der Waals surface area contributed by atoms with Crippen molar-refractivity contribution >= 4 is 18.6 Å². The van der Waals surface area contributed by atoms with E-state index in [4.69, 9.17) is 15.0 Å². The maximum absolute atomic E-state index is 11.0. The molecule has 0 aliphatic carbocycles. The van der Waals surface area contributed by atoms with Gasteiger partial charge in [0.15, 0.2) is 0 Å². The first-order chi connectivity index (χ1) is 9.14. The molecule has 0 saturated carbocycles. The van der Waals surface area contributed by atoms with Crippen LogP contribution >= 0.6 is 0 Å². The molecule has 7 heteroatoms. The summed E-state index contributed by atoms with van der Waals surface area (Å²) in [6.07, 6.45) is 1.44. The van der Waals surface area contributed by atoms with Crippen molar-refractivity contribution in [3.05, 3.63) is 17.8 Å². The number of aromatic nitrogens is 1. The Labute approximate surface area is 118 Å².